The zero-order valence-corrected chi connectivity index (χ0v) is 21.7. The van der Waals surface area contributed by atoms with Gasteiger partial charge in [0.1, 0.15) is 0 Å². The highest BCUT2D eigenvalue weighted by Gasteiger charge is 2.31. The van der Waals surface area contributed by atoms with Crippen molar-refractivity contribution in [1.82, 2.24) is 0 Å². The third kappa shape index (κ3) is 4.42. The number of fused-ring (bicyclic) bond motifs is 3. The van der Waals surface area contributed by atoms with Gasteiger partial charge in [-0.2, -0.15) is 0 Å². The van der Waals surface area contributed by atoms with E-state index in [2.05, 4.69) is 122 Å². The topological polar surface area (TPSA) is 0 Å². The van der Waals surface area contributed by atoms with E-state index < -0.39 is 0 Å². The summed E-state index contributed by atoms with van der Waals surface area (Å²) in [7, 11) is 0. The summed E-state index contributed by atoms with van der Waals surface area (Å²) in [6.45, 7) is 2.30. The quantitative estimate of drug-likeness (QED) is 0.191. The zero-order valence-electron chi connectivity index (χ0n) is 21.7. The SMILES string of the molecule is CCCCCCc1c2c(c(-c3ccccc3)c(-c3ccccc3)c1-c1ccccc1)Cc1ccccc1-2. The molecule has 5 aromatic carbocycles. The van der Waals surface area contributed by atoms with Gasteiger partial charge in [-0.15, -0.1) is 0 Å². The van der Waals surface area contributed by atoms with Crippen LogP contribution in [0.15, 0.2) is 115 Å². The maximum Gasteiger partial charge on any atom is -0.000695 e. The number of benzene rings is 5. The van der Waals surface area contributed by atoms with Gasteiger partial charge >= 0.3 is 0 Å². The first kappa shape index (κ1) is 23.5. The molecule has 182 valence electrons. The maximum absolute atomic E-state index is 2.35. The molecular weight excluding hydrogens is 444 g/mol. The average molecular weight is 479 g/mol. The Balaban J connectivity index is 1.75. The molecule has 37 heavy (non-hydrogen) atoms. The lowest BCUT2D eigenvalue weighted by Gasteiger charge is -2.25. The summed E-state index contributed by atoms with van der Waals surface area (Å²) in [5.41, 5.74) is 15.5. The highest BCUT2D eigenvalue weighted by atomic mass is 14.3. The second kappa shape index (κ2) is 10.6. The van der Waals surface area contributed by atoms with Gasteiger partial charge in [-0.25, -0.2) is 0 Å². The van der Waals surface area contributed by atoms with E-state index in [1.54, 1.807) is 0 Å². The number of hydrogen-bond donors (Lipinski definition) is 0. The highest BCUT2D eigenvalue weighted by molar-refractivity contribution is 6.04. The predicted molar refractivity (Wildman–Crippen MR) is 159 cm³/mol. The van der Waals surface area contributed by atoms with Gasteiger partial charge in [0.05, 0.1) is 0 Å². The Hall–Kier alpha value is -3.90. The van der Waals surface area contributed by atoms with Crippen LogP contribution in [-0.2, 0) is 12.8 Å². The van der Waals surface area contributed by atoms with Crippen LogP contribution in [0.5, 0.6) is 0 Å². The summed E-state index contributed by atoms with van der Waals surface area (Å²) in [6, 6.07) is 42.4. The van der Waals surface area contributed by atoms with Crippen molar-refractivity contribution in [1.29, 1.82) is 0 Å². The molecule has 0 unspecified atom stereocenters. The van der Waals surface area contributed by atoms with Crippen molar-refractivity contribution in [3.63, 3.8) is 0 Å². The molecule has 0 heterocycles. The lowest BCUT2D eigenvalue weighted by molar-refractivity contribution is 0.667. The fraction of sp³-hybridized carbons (Fsp3) is 0.189. The summed E-state index contributed by atoms with van der Waals surface area (Å²) in [5.74, 6) is 0. The molecule has 1 aliphatic carbocycles. The largest absolute Gasteiger partial charge is 0.0654 e. The normalized spacial score (nSPS) is 11.8. The minimum atomic E-state index is 0.993. The van der Waals surface area contributed by atoms with E-state index in [1.165, 1.54) is 86.9 Å². The zero-order chi connectivity index (χ0) is 25.0. The highest BCUT2D eigenvalue weighted by Crippen LogP contribution is 2.53. The molecule has 0 aromatic heterocycles. The Morgan fingerprint density at radius 2 is 1.03 bits per heavy atom. The van der Waals surface area contributed by atoms with E-state index in [0.717, 1.165) is 12.8 Å². The molecule has 0 aliphatic heterocycles. The van der Waals surface area contributed by atoms with E-state index in [4.69, 9.17) is 0 Å². The van der Waals surface area contributed by atoms with Crippen LogP contribution in [0.4, 0.5) is 0 Å². The van der Waals surface area contributed by atoms with Crippen molar-refractivity contribution >= 4 is 0 Å². The predicted octanol–water partition coefficient (Wildman–Crippen LogP) is 10.4. The van der Waals surface area contributed by atoms with Crippen molar-refractivity contribution in [3.05, 3.63) is 132 Å². The minimum absolute atomic E-state index is 0.993. The molecule has 0 fully saturated rings. The molecule has 0 nitrogen and oxygen atoms in total. The monoisotopic (exact) mass is 478 g/mol. The van der Waals surface area contributed by atoms with Crippen LogP contribution < -0.4 is 0 Å². The van der Waals surface area contributed by atoms with Gasteiger partial charge in [-0.1, -0.05) is 141 Å². The standard InChI is InChI=1S/C37H34/c1-2-3-4-14-25-32-34(27-17-8-5-9-18-27)36(29-21-12-7-13-22-29)35(28-19-10-6-11-20-28)33-26-30-23-15-16-24-31(30)37(32)33/h5-13,15-24H,2-4,14,25-26H2,1H3. The first-order valence-electron chi connectivity index (χ1n) is 13.8. The van der Waals surface area contributed by atoms with Crippen LogP contribution in [0.25, 0.3) is 44.5 Å². The average Bonchev–Trinajstić information content (AvgIpc) is 3.35. The molecule has 6 rings (SSSR count). The van der Waals surface area contributed by atoms with Crippen molar-refractivity contribution < 1.29 is 0 Å². The fourth-order valence-electron chi connectivity index (χ4n) is 6.19. The second-order valence-electron chi connectivity index (χ2n) is 10.2. The minimum Gasteiger partial charge on any atom is -0.0654 e. The lowest BCUT2D eigenvalue weighted by atomic mass is 9.78. The van der Waals surface area contributed by atoms with Gasteiger partial charge in [0.25, 0.3) is 0 Å². The van der Waals surface area contributed by atoms with Crippen LogP contribution >= 0.6 is 0 Å². The number of unbranched alkanes of at least 4 members (excludes halogenated alkanes) is 3. The van der Waals surface area contributed by atoms with E-state index >= 15 is 0 Å². The molecular formula is C37H34. The van der Waals surface area contributed by atoms with Gasteiger partial charge in [0, 0.05) is 0 Å². The Labute approximate surface area is 221 Å². The maximum atomic E-state index is 2.35. The van der Waals surface area contributed by atoms with Gasteiger partial charge in [-0.05, 0) is 80.5 Å². The third-order valence-electron chi connectivity index (χ3n) is 7.83. The van der Waals surface area contributed by atoms with Crippen molar-refractivity contribution in [2.45, 2.75) is 45.4 Å². The summed E-state index contributed by atoms with van der Waals surface area (Å²) in [6.07, 6.45) is 7.16. The summed E-state index contributed by atoms with van der Waals surface area (Å²) < 4.78 is 0. The molecule has 0 amide bonds. The summed E-state index contributed by atoms with van der Waals surface area (Å²) >= 11 is 0. The third-order valence-corrected chi connectivity index (χ3v) is 7.83. The molecule has 5 aromatic rings. The van der Waals surface area contributed by atoms with E-state index in [1.807, 2.05) is 0 Å². The van der Waals surface area contributed by atoms with Crippen LogP contribution in [0, 0.1) is 0 Å². The molecule has 0 atom stereocenters. The molecule has 0 heteroatoms. The van der Waals surface area contributed by atoms with Crippen LogP contribution in [0.2, 0.25) is 0 Å². The summed E-state index contributed by atoms with van der Waals surface area (Å²) in [4.78, 5) is 0. The molecule has 0 spiro atoms. The van der Waals surface area contributed by atoms with Crippen molar-refractivity contribution in [2.75, 3.05) is 0 Å². The van der Waals surface area contributed by atoms with Crippen LogP contribution in [0.1, 0.15) is 49.3 Å². The molecule has 0 N–H and O–H groups in total. The van der Waals surface area contributed by atoms with Gasteiger partial charge in [-0.3, -0.25) is 0 Å². The Bertz CT molecular complexity index is 1500. The summed E-state index contributed by atoms with van der Waals surface area (Å²) in [5, 5.41) is 0. The Morgan fingerprint density at radius 3 is 1.65 bits per heavy atom. The van der Waals surface area contributed by atoms with E-state index in [-0.39, 0.29) is 0 Å². The fourth-order valence-corrected chi connectivity index (χ4v) is 6.19. The molecule has 0 radical (unpaired) electrons. The second-order valence-corrected chi connectivity index (χ2v) is 10.2. The van der Waals surface area contributed by atoms with Gasteiger partial charge < -0.3 is 0 Å². The number of rotatable bonds is 8. The smallest absolute Gasteiger partial charge is 0.000695 e. The lowest BCUT2D eigenvalue weighted by Crippen LogP contribution is -2.03. The molecule has 0 bridgehead atoms. The van der Waals surface area contributed by atoms with Crippen LogP contribution in [-0.4, -0.2) is 0 Å². The van der Waals surface area contributed by atoms with Crippen LogP contribution in [0.3, 0.4) is 0 Å². The van der Waals surface area contributed by atoms with Crippen molar-refractivity contribution in [3.8, 4) is 44.5 Å². The Morgan fingerprint density at radius 1 is 0.486 bits per heavy atom. The number of hydrogen-bond acceptors (Lipinski definition) is 0. The van der Waals surface area contributed by atoms with Gasteiger partial charge in [0.15, 0.2) is 0 Å². The first-order valence-corrected chi connectivity index (χ1v) is 13.8. The molecule has 0 saturated carbocycles. The van der Waals surface area contributed by atoms with Crippen molar-refractivity contribution in [2.24, 2.45) is 0 Å². The first-order chi connectivity index (χ1) is 18.4. The van der Waals surface area contributed by atoms with E-state index in [9.17, 15) is 0 Å². The van der Waals surface area contributed by atoms with Gasteiger partial charge in [0.2, 0.25) is 0 Å². The van der Waals surface area contributed by atoms with E-state index in [0.29, 0.717) is 0 Å². The Kier molecular flexibility index (Phi) is 6.74. The molecule has 1 aliphatic rings. The molecule has 0 saturated heterocycles.